The summed E-state index contributed by atoms with van der Waals surface area (Å²) in [6.07, 6.45) is 5.95. The second kappa shape index (κ2) is 6.75. The normalized spacial score (nSPS) is 26.6. The molecule has 4 heteroatoms. The third kappa shape index (κ3) is 3.30. The number of amides is 1. The summed E-state index contributed by atoms with van der Waals surface area (Å²) in [5.74, 6) is 2.13. The third-order valence-electron chi connectivity index (χ3n) is 5.95. The molecular formula is C20H28N2O2. The maximum atomic E-state index is 12.3. The number of hydrogen-bond donors (Lipinski definition) is 0. The lowest BCUT2D eigenvalue weighted by Crippen LogP contribution is -2.56. The average molecular weight is 328 g/mol. The first-order valence-corrected chi connectivity index (χ1v) is 9.48. The fourth-order valence-electron chi connectivity index (χ4n) is 4.45. The van der Waals surface area contributed by atoms with Gasteiger partial charge in [-0.25, -0.2) is 0 Å². The summed E-state index contributed by atoms with van der Waals surface area (Å²) in [5, 5.41) is 0. The fraction of sp³-hybridized carbons (Fsp3) is 0.650. The van der Waals surface area contributed by atoms with Crippen molar-refractivity contribution in [2.75, 3.05) is 26.2 Å². The van der Waals surface area contributed by atoms with Crippen molar-refractivity contribution in [3.05, 3.63) is 29.8 Å². The number of likely N-dealkylation sites (tertiary alicyclic amines) is 2. The Balaban J connectivity index is 1.19. The van der Waals surface area contributed by atoms with Crippen LogP contribution in [0.25, 0.3) is 0 Å². The number of piperidine rings is 1. The van der Waals surface area contributed by atoms with E-state index in [1.54, 1.807) is 0 Å². The largest absolute Gasteiger partial charge is 0.487 e. The summed E-state index contributed by atoms with van der Waals surface area (Å²) in [5.41, 5.74) is 1.29. The number of fused-ring (bicyclic) bond motifs is 2. The Labute approximate surface area is 144 Å². The molecule has 130 valence electrons. The van der Waals surface area contributed by atoms with Crippen LogP contribution in [-0.4, -0.2) is 54.0 Å². The fourth-order valence-corrected chi connectivity index (χ4v) is 4.45. The molecule has 4 rings (SSSR count). The van der Waals surface area contributed by atoms with Crippen molar-refractivity contribution in [2.24, 2.45) is 5.92 Å². The van der Waals surface area contributed by atoms with Crippen LogP contribution >= 0.6 is 0 Å². The topological polar surface area (TPSA) is 32.8 Å². The van der Waals surface area contributed by atoms with Gasteiger partial charge in [-0.15, -0.1) is 0 Å². The van der Waals surface area contributed by atoms with E-state index < -0.39 is 0 Å². The van der Waals surface area contributed by atoms with E-state index in [9.17, 15) is 4.79 Å². The highest BCUT2D eigenvalue weighted by Gasteiger charge is 2.38. The molecule has 2 heterocycles. The van der Waals surface area contributed by atoms with Gasteiger partial charge in [-0.3, -0.25) is 9.69 Å². The molecule has 4 nitrogen and oxygen atoms in total. The molecule has 1 aromatic carbocycles. The van der Waals surface area contributed by atoms with Gasteiger partial charge in [0.25, 0.3) is 0 Å². The zero-order valence-electron chi connectivity index (χ0n) is 14.6. The van der Waals surface area contributed by atoms with Crippen molar-refractivity contribution < 1.29 is 9.53 Å². The van der Waals surface area contributed by atoms with E-state index >= 15 is 0 Å². The minimum absolute atomic E-state index is 0.156. The number of ether oxygens (including phenoxy) is 1. The van der Waals surface area contributed by atoms with Crippen LogP contribution in [0.5, 0.6) is 5.75 Å². The highest BCUT2D eigenvalue weighted by molar-refractivity contribution is 5.77. The molecule has 0 unspecified atom stereocenters. The number of hydrogen-bond acceptors (Lipinski definition) is 3. The SMILES string of the molecule is CCc1cccc(OC2CN(C(=O)CCN3C[C@H]4CC[C@@H]3C4)C2)c1. The number of rotatable bonds is 6. The van der Waals surface area contributed by atoms with Gasteiger partial charge in [0.2, 0.25) is 5.91 Å². The summed E-state index contributed by atoms with van der Waals surface area (Å²) in [4.78, 5) is 16.8. The molecule has 2 aliphatic heterocycles. The smallest absolute Gasteiger partial charge is 0.224 e. The lowest BCUT2D eigenvalue weighted by molar-refractivity contribution is -0.140. The zero-order valence-corrected chi connectivity index (χ0v) is 14.6. The third-order valence-corrected chi connectivity index (χ3v) is 5.95. The molecule has 0 spiro atoms. The van der Waals surface area contributed by atoms with Crippen LogP contribution in [-0.2, 0) is 11.2 Å². The van der Waals surface area contributed by atoms with Gasteiger partial charge in [-0.05, 0) is 49.3 Å². The molecule has 3 fully saturated rings. The number of benzene rings is 1. The zero-order chi connectivity index (χ0) is 16.5. The molecule has 0 radical (unpaired) electrons. The van der Waals surface area contributed by atoms with Crippen molar-refractivity contribution in [3.63, 3.8) is 0 Å². The van der Waals surface area contributed by atoms with Crippen LogP contribution in [0.3, 0.4) is 0 Å². The predicted octanol–water partition coefficient (Wildman–Crippen LogP) is 2.71. The van der Waals surface area contributed by atoms with Crippen LogP contribution in [0.1, 0.15) is 38.2 Å². The van der Waals surface area contributed by atoms with Gasteiger partial charge in [0.1, 0.15) is 11.9 Å². The van der Waals surface area contributed by atoms with Gasteiger partial charge in [-0.2, -0.15) is 0 Å². The second-order valence-corrected chi connectivity index (χ2v) is 7.62. The molecule has 0 N–H and O–H groups in total. The van der Waals surface area contributed by atoms with Crippen LogP contribution in [0.15, 0.2) is 24.3 Å². The van der Waals surface area contributed by atoms with Crippen LogP contribution in [0.2, 0.25) is 0 Å². The molecule has 1 saturated carbocycles. The van der Waals surface area contributed by atoms with E-state index in [2.05, 4.69) is 24.0 Å². The van der Waals surface area contributed by atoms with E-state index in [1.165, 1.54) is 31.4 Å². The number of aryl methyl sites for hydroxylation is 1. The Morgan fingerprint density at radius 3 is 2.83 bits per heavy atom. The molecule has 1 amide bonds. The molecule has 1 aromatic rings. The number of carbonyl (C=O) groups is 1. The summed E-state index contributed by atoms with van der Waals surface area (Å²) < 4.78 is 5.99. The standard InChI is InChI=1S/C20H28N2O2/c1-2-15-4-3-5-18(11-15)24-19-13-22(14-19)20(23)8-9-21-12-16-6-7-17(21)10-16/h3-5,11,16-17,19H,2,6-10,12-14H2,1H3/t16-,17+/m0/s1. The molecule has 1 aliphatic carbocycles. The summed E-state index contributed by atoms with van der Waals surface area (Å²) in [6, 6.07) is 9.04. The van der Waals surface area contributed by atoms with E-state index in [1.807, 2.05) is 17.0 Å². The van der Waals surface area contributed by atoms with E-state index in [-0.39, 0.29) is 6.10 Å². The minimum atomic E-state index is 0.156. The van der Waals surface area contributed by atoms with Crippen LogP contribution < -0.4 is 4.74 Å². The average Bonchev–Trinajstić information content (AvgIpc) is 3.18. The lowest BCUT2D eigenvalue weighted by atomic mass is 10.1. The molecule has 24 heavy (non-hydrogen) atoms. The maximum Gasteiger partial charge on any atom is 0.224 e. The maximum absolute atomic E-state index is 12.3. The first-order chi connectivity index (χ1) is 11.7. The Morgan fingerprint density at radius 2 is 2.12 bits per heavy atom. The summed E-state index contributed by atoms with van der Waals surface area (Å²) in [7, 11) is 0. The second-order valence-electron chi connectivity index (χ2n) is 7.62. The van der Waals surface area contributed by atoms with Crippen molar-refractivity contribution in [1.82, 2.24) is 9.80 Å². The van der Waals surface area contributed by atoms with Gasteiger partial charge in [0.15, 0.2) is 0 Å². The monoisotopic (exact) mass is 328 g/mol. The summed E-state index contributed by atoms with van der Waals surface area (Å²) >= 11 is 0. The van der Waals surface area contributed by atoms with Crippen molar-refractivity contribution in [2.45, 2.75) is 51.2 Å². The Bertz CT molecular complexity index is 597. The first-order valence-electron chi connectivity index (χ1n) is 9.48. The van der Waals surface area contributed by atoms with Gasteiger partial charge < -0.3 is 9.64 Å². The quantitative estimate of drug-likeness (QED) is 0.805. The highest BCUT2D eigenvalue weighted by Crippen LogP contribution is 2.37. The molecule has 2 atom stereocenters. The molecule has 3 aliphatic rings. The molecule has 0 aromatic heterocycles. The minimum Gasteiger partial charge on any atom is -0.487 e. The number of nitrogens with zero attached hydrogens (tertiary/aromatic N) is 2. The van der Waals surface area contributed by atoms with Gasteiger partial charge in [0, 0.05) is 25.6 Å². The van der Waals surface area contributed by atoms with Gasteiger partial charge in [0.05, 0.1) is 13.1 Å². The van der Waals surface area contributed by atoms with Crippen molar-refractivity contribution in [3.8, 4) is 5.75 Å². The lowest BCUT2D eigenvalue weighted by Gasteiger charge is -2.39. The van der Waals surface area contributed by atoms with E-state index in [0.717, 1.165) is 43.8 Å². The van der Waals surface area contributed by atoms with Crippen molar-refractivity contribution >= 4 is 5.91 Å². The van der Waals surface area contributed by atoms with Crippen LogP contribution in [0.4, 0.5) is 0 Å². The van der Waals surface area contributed by atoms with E-state index in [0.29, 0.717) is 12.3 Å². The Kier molecular flexibility index (Phi) is 4.49. The van der Waals surface area contributed by atoms with Gasteiger partial charge in [-0.1, -0.05) is 19.1 Å². The highest BCUT2D eigenvalue weighted by atomic mass is 16.5. The first kappa shape index (κ1) is 15.9. The Morgan fingerprint density at radius 1 is 1.25 bits per heavy atom. The molecular weight excluding hydrogens is 300 g/mol. The molecule has 2 saturated heterocycles. The number of carbonyl (C=O) groups excluding carboxylic acids is 1. The van der Waals surface area contributed by atoms with Gasteiger partial charge >= 0.3 is 0 Å². The van der Waals surface area contributed by atoms with E-state index in [4.69, 9.17) is 4.74 Å². The van der Waals surface area contributed by atoms with Crippen LogP contribution in [0, 0.1) is 5.92 Å². The molecule has 2 bridgehead atoms. The Hall–Kier alpha value is -1.55. The predicted molar refractivity (Wildman–Crippen MR) is 94.1 cm³/mol. The van der Waals surface area contributed by atoms with Crippen molar-refractivity contribution in [1.29, 1.82) is 0 Å². The summed E-state index contributed by atoms with van der Waals surface area (Å²) in [6.45, 7) is 5.79.